The van der Waals surface area contributed by atoms with E-state index >= 15 is 0 Å². The van der Waals surface area contributed by atoms with Gasteiger partial charge < -0.3 is 9.73 Å². The Morgan fingerprint density at radius 1 is 1.43 bits per heavy atom. The Morgan fingerprint density at radius 2 is 2.19 bits per heavy atom. The molecule has 1 N–H and O–H groups in total. The Morgan fingerprint density at radius 3 is 2.81 bits per heavy atom. The van der Waals surface area contributed by atoms with E-state index in [1.165, 1.54) is 6.07 Å². The molecule has 7 heteroatoms. The van der Waals surface area contributed by atoms with Crippen molar-refractivity contribution in [3.8, 4) is 0 Å². The number of nitro groups is 1. The van der Waals surface area contributed by atoms with Gasteiger partial charge in [-0.25, -0.2) is 0 Å². The molecule has 0 saturated heterocycles. The van der Waals surface area contributed by atoms with E-state index in [4.69, 9.17) is 16.0 Å². The average molecular weight is 309 g/mol. The maximum absolute atomic E-state index is 11.9. The van der Waals surface area contributed by atoms with Gasteiger partial charge in [0.1, 0.15) is 4.92 Å². The minimum absolute atomic E-state index is 0.0837. The number of carbonyl (C=O) groups excluding carboxylic acids is 1. The van der Waals surface area contributed by atoms with Gasteiger partial charge in [-0.15, -0.1) is 0 Å². The van der Waals surface area contributed by atoms with Crippen molar-refractivity contribution in [1.82, 2.24) is 5.32 Å². The molecule has 2 aromatic rings. The van der Waals surface area contributed by atoms with E-state index in [0.717, 1.165) is 11.6 Å². The van der Waals surface area contributed by atoms with Gasteiger partial charge in [0.15, 0.2) is 5.76 Å². The van der Waals surface area contributed by atoms with Crippen LogP contribution >= 0.6 is 11.6 Å². The van der Waals surface area contributed by atoms with E-state index in [0.29, 0.717) is 11.4 Å². The van der Waals surface area contributed by atoms with E-state index in [2.05, 4.69) is 5.32 Å². The third-order valence-corrected chi connectivity index (χ3v) is 3.04. The molecule has 1 aromatic carbocycles. The molecule has 6 nitrogen and oxygen atoms in total. The fourth-order valence-electron chi connectivity index (χ4n) is 1.91. The summed E-state index contributed by atoms with van der Waals surface area (Å²) in [5, 5.41) is 13.8. The summed E-state index contributed by atoms with van der Waals surface area (Å²) in [5.74, 6) is -1.03. The monoisotopic (exact) mass is 308 g/mol. The zero-order valence-corrected chi connectivity index (χ0v) is 12.0. The number of hydrogen-bond acceptors (Lipinski definition) is 4. The fourth-order valence-corrected chi connectivity index (χ4v) is 2.12. The summed E-state index contributed by atoms with van der Waals surface area (Å²) in [7, 11) is 0. The van der Waals surface area contributed by atoms with Crippen LogP contribution in [0.2, 0.25) is 5.02 Å². The first kappa shape index (κ1) is 15.1. The van der Waals surface area contributed by atoms with Crippen LogP contribution in [0.1, 0.15) is 23.0 Å². The molecular formula is C14H13ClN2O4. The average Bonchev–Trinajstić information content (AvgIpc) is 2.88. The Hall–Kier alpha value is -2.34. The summed E-state index contributed by atoms with van der Waals surface area (Å²) < 4.78 is 4.84. The SMILES string of the molecule is C[C@H](Cc1cccc(Cl)c1)NC(=O)c1ccc([N+](=O)[O-])o1. The zero-order valence-electron chi connectivity index (χ0n) is 11.2. The van der Waals surface area contributed by atoms with Crippen molar-refractivity contribution in [1.29, 1.82) is 0 Å². The van der Waals surface area contributed by atoms with Crippen molar-refractivity contribution in [2.45, 2.75) is 19.4 Å². The number of amides is 1. The minimum Gasteiger partial charge on any atom is -0.395 e. The van der Waals surface area contributed by atoms with Gasteiger partial charge in [-0.2, -0.15) is 0 Å². The summed E-state index contributed by atoms with van der Waals surface area (Å²) >= 11 is 5.90. The molecule has 0 saturated carbocycles. The van der Waals surface area contributed by atoms with Gasteiger partial charge >= 0.3 is 5.88 Å². The minimum atomic E-state index is -0.688. The van der Waals surface area contributed by atoms with Crippen LogP contribution in [0.3, 0.4) is 0 Å². The summed E-state index contributed by atoms with van der Waals surface area (Å²) in [6.45, 7) is 1.83. The van der Waals surface area contributed by atoms with Crippen LogP contribution in [-0.2, 0) is 6.42 Å². The van der Waals surface area contributed by atoms with Gasteiger partial charge in [-0.3, -0.25) is 14.9 Å². The lowest BCUT2D eigenvalue weighted by Crippen LogP contribution is -2.33. The number of nitrogens with one attached hydrogen (secondary N) is 1. The summed E-state index contributed by atoms with van der Waals surface area (Å²) in [6.07, 6.45) is 0.592. The van der Waals surface area contributed by atoms with Crippen molar-refractivity contribution >= 4 is 23.4 Å². The predicted molar refractivity (Wildman–Crippen MR) is 77.4 cm³/mol. The molecule has 1 amide bonds. The van der Waals surface area contributed by atoms with Crippen LogP contribution in [0.25, 0.3) is 0 Å². The normalized spacial score (nSPS) is 11.9. The second kappa shape index (κ2) is 6.41. The summed E-state index contributed by atoms with van der Waals surface area (Å²) in [5.41, 5.74) is 0.987. The van der Waals surface area contributed by atoms with Gasteiger partial charge in [-0.05, 0) is 37.1 Å². The van der Waals surface area contributed by atoms with E-state index in [1.807, 2.05) is 25.1 Å². The number of furan rings is 1. The Bertz CT molecular complexity index is 668. The second-order valence-electron chi connectivity index (χ2n) is 4.60. The van der Waals surface area contributed by atoms with Gasteiger partial charge in [0.2, 0.25) is 0 Å². The quantitative estimate of drug-likeness (QED) is 0.679. The second-order valence-corrected chi connectivity index (χ2v) is 5.04. The van der Waals surface area contributed by atoms with Gasteiger partial charge in [0.05, 0.1) is 6.07 Å². The molecule has 0 radical (unpaired) electrons. The molecule has 110 valence electrons. The molecule has 2 rings (SSSR count). The first-order valence-electron chi connectivity index (χ1n) is 6.25. The van der Waals surface area contributed by atoms with Gasteiger partial charge in [0, 0.05) is 11.1 Å². The van der Waals surface area contributed by atoms with E-state index in [-0.39, 0.29) is 11.8 Å². The zero-order chi connectivity index (χ0) is 15.4. The largest absolute Gasteiger partial charge is 0.433 e. The molecule has 1 aromatic heterocycles. The molecule has 0 aliphatic heterocycles. The fraction of sp³-hybridized carbons (Fsp3) is 0.214. The molecule has 0 bridgehead atoms. The molecule has 21 heavy (non-hydrogen) atoms. The highest BCUT2D eigenvalue weighted by atomic mass is 35.5. The van der Waals surface area contributed by atoms with Crippen molar-refractivity contribution in [2.75, 3.05) is 0 Å². The van der Waals surface area contributed by atoms with Crippen molar-refractivity contribution in [3.63, 3.8) is 0 Å². The van der Waals surface area contributed by atoms with Crippen LogP contribution in [0, 0.1) is 10.1 Å². The predicted octanol–water partition coefficient (Wildman–Crippen LogP) is 3.20. The van der Waals surface area contributed by atoms with Crippen LogP contribution in [0.4, 0.5) is 5.88 Å². The van der Waals surface area contributed by atoms with Crippen LogP contribution < -0.4 is 5.32 Å². The number of halogens is 1. The first-order chi connectivity index (χ1) is 9.95. The summed E-state index contributed by atoms with van der Waals surface area (Å²) in [4.78, 5) is 21.7. The topological polar surface area (TPSA) is 85.4 Å². The molecule has 0 aliphatic carbocycles. The van der Waals surface area contributed by atoms with Crippen LogP contribution in [0.15, 0.2) is 40.8 Å². The standard InChI is InChI=1S/C14H13ClN2O4/c1-9(7-10-3-2-4-11(15)8-10)16-14(18)12-5-6-13(21-12)17(19)20/h2-6,8-9H,7H2,1H3,(H,16,18)/t9-/m1/s1. The third-order valence-electron chi connectivity index (χ3n) is 2.80. The third kappa shape index (κ3) is 4.06. The highest BCUT2D eigenvalue weighted by Crippen LogP contribution is 2.16. The lowest BCUT2D eigenvalue weighted by atomic mass is 10.1. The Kier molecular flexibility index (Phi) is 4.59. The lowest BCUT2D eigenvalue weighted by Gasteiger charge is -2.13. The highest BCUT2D eigenvalue weighted by molar-refractivity contribution is 6.30. The molecule has 0 unspecified atom stereocenters. The number of hydrogen-bond donors (Lipinski definition) is 1. The highest BCUT2D eigenvalue weighted by Gasteiger charge is 2.18. The van der Waals surface area contributed by atoms with Gasteiger partial charge in [0.25, 0.3) is 5.91 Å². The Labute approximate surface area is 125 Å². The number of benzene rings is 1. The molecule has 0 spiro atoms. The van der Waals surface area contributed by atoms with Crippen molar-refractivity contribution < 1.29 is 14.1 Å². The molecule has 1 atom stereocenters. The smallest absolute Gasteiger partial charge is 0.395 e. The lowest BCUT2D eigenvalue weighted by molar-refractivity contribution is -0.402. The van der Waals surface area contributed by atoms with Crippen molar-refractivity contribution in [2.24, 2.45) is 0 Å². The van der Waals surface area contributed by atoms with Crippen molar-refractivity contribution in [3.05, 3.63) is 62.9 Å². The number of rotatable bonds is 5. The Balaban J connectivity index is 1.96. The summed E-state index contributed by atoms with van der Waals surface area (Å²) in [6, 6.07) is 9.60. The van der Waals surface area contributed by atoms with E-state index < -0.39 is 16.7 Å². The first-order valence-corrected chi connectivity index (χ1v) is 6.63. The molecule has 0 fully saturated rings. The maximum Gasteiger partial charge on any atom is 0.433 e. The number of carbonyl (C=O) groups is 1. The van der Waals surface area contributed by atoms with Crippen LogP contribution in [0.5, 0.6) is 0 Å². The van der Waals surface area contributed by atoms with Crippen LogP contribution in [-0.4, -0.2) is 16.9 Å². The number of nitrogens with zero attached hydrogens (tertiary/aromatic N) is 1. The maximum atomic E-state index is 11.9. The van der Waals surface area contributed by atoms with Gasteiger partial charge in [-0.1, -0.05) is 23.7 Å². The molecule has 1 heterocycles. The molecular weight excluding hydrogens is 296 g/mol. The van der Waals surface area contributed by atoms with E-state index in [9.17, 15) is 14.9 Å². The van der Waals surface area contributed by atoms with E-state index in [1.54, 1.807) is 6.07 Å². The molecule has 0 aliphatic rings.